The molecule has 0 saturated heterocycles. The number of aromatic nitrogens is 1. The molecule has 0 aliphatic heterocycles. The Morgan fingerprint density at radius 2 is 1.60 bits per heavy atom. The first-order valence-corrected chi connectivity index (χ1v) is 12.2. The zero-order chi connectivity index (χ0) is 24.2. The van der Waals surface area contributed by atoms with Crippen LogP contribution in [0.5, 0.6) is 5.75 Å². The van der Waals surface area contributed by atoms with Gasteiger partial charge in [0, 0.05) is 24.2 Å². The topological polar surface area (TPSA) is 64.4 Å². The quantitative estimate of drug-likeness (QED) is 0.225. The maximum atomic E-state index is 11.9. The van der Waals surface area contributed by atoms with Crippen molar-refractivity contribution in [1.29, 1.82) is 0 Å². The van der Waals surface area contributed by atoms with Crippen LogP contribution in [0, 0.1) is 12.8 Å². The van der Waals surface area contributed by atoms with Crippen molar-refractivity contribution in [3.63, 3.8) is 0 Å². The van der Waals surface area contributed by atoms with E-state index >= 15 is 0 Å². The van der Waals surface area contributed by atoms with Crippen LogP contribution in [-0.4, -0.2) is 17.7 Å². The highest BCUT2D eigenvalue weighted by molar-refractivity contribution is 5.78. The number of nitrogens with one attached hydrogen (secondary N) is 1. The summed E-state index contributed by atoms with van der Waals surface area (Å²) in [7, 11) is 0. The maximum Gasteiger partial charge on any atom is 0.314 e. The average molecular weight is 467 g/mol. The number of rotatable bonds is 9. The lowest BCUT2D eigenvalue weighted by atomic mass is 10.00. The molecule has 1 atom stereocenters. The zero-order valence-corrected chi connectivity index (χ0v) is 20.2. The van der Waals surface area contributed by atoms with E-state index in [2.05, 4.69) is 65.9 Å². The molecule has 3 aromatic carbocycles. The minimum atomic E-state index is -0.121. The molecule has 35 heavy (non-hydrogen) atoms. The number of carbonyl (C=O) groups is 1. The molecule has 1 fully saturated rings. The van der Waals surface area contributed by atoms with Crippen LogP contribution in [0.3, 0.4) is 0 Å². The van der Waals surface area contributed by atoms with Crippen molar-refractivity contribution in [2.24, 2.45) is 5.92 Å². The van der Waals surface area contributed by atoms with E-state index in [-0.39, 0.29) is 11.9 Å². The number of aryl methyl sites for hydroxylation is 1. The predicted octanol–water partition coefficient (Wildman–Crippen LogP) is 6.53. The van der Waals surface area contributed by atoms with Crippen LogP contribution in [-0.2, 0) is 11.3 Å². The Labute approximate surface area is 206 Å². The number of esters is 1. The molecule has 178 valence electrons. The van der Waals surface area contributed by atoms with Crippen LogP contribution in [0.4, 0.5) is 0 Å². The number of hydrogen-bond donors (Lipinski definition) is 1. The van der Waals surface area contributed by atoms with E-state index in [1.54, 1.807) is 0 Å². The Morgan fingerprint density at radius 3 is 2.26 bits per heavy atom. The molecule has 1 aliphatic carbocycles. The summed E-state index contributed by atoms with van der Waals surface area (Å²) in [6.45, 7) is 5.78. The Morgan fingerprint density at radius 1 is 0.971 bits per heavy atom. The van der Waals surface area contributed by atoms with Crippen LogP contribution >= 0.6 is 0 Å². The molecule has 4 aromatic rings. The molecule has 0 unspecified atom stereocenters. The molecule has 1 aliphatic rings. The standard InChI is InChI=1S/C30H30N2O3/c1-20(22-6-4-3-5-7-22)18-31-19-28-21(2)32-35-29(28)25-10-8-23(9-11-25)24-14-16-27(17-15-24)34-30(33)26-12-13-26/h3-11,14-17,20,26,31H,12-13,18-19H2,1-2H3/t20-/m0/s1. The minimum Gasteiger partial charge on any atom is -0.426 e. The average Bonchev–Trinajstić information content (AvgIpc) is 3.69. The van der Waals surface area contributed by atoms with Crippen LogP contribution in [0.25, 0.3) is 22.5 Å². The molecule has 1 heterocycles. The van der Waals surface area contributed by atoms with Gasteiger partial charge in [0.05, 0.1) is 11.6 Å². The lowest BCUT2D eigenvalue weighted by molar-refractivity contribution is -0.135. The smallest absolute Gasteiger partial charge is 0.314 e. The van der Waals surface area contributed by atoms with Crippen molar-refractivity contribution < 1.29 is 14.1 Å². The van der Waals surface area contributed by atoms with Gasteiger partial charge in [-0.25, -0.2) is 0 Å². The van der Waals surface area contributed by atoms with E-state index in [1.165, 1.54) is 5.56 Å². The lowest BCUT2D eigenvalue weighted by Crippen LogP contribution is -2.20. The van der Waals surface area contributed by atoms with E-state index < -0.39 is 0 Å². The van der Waals surface area contributed by atoms with Crippen molar-refractivity contribution in [2.75, 3.05) is 6.54 Å². The first-order valence-electron chi connectivity index (χ1n) is 12.2. The number of nitrogens with zero attached hydrogens (tertiary/aromatic N) is 1. The largest absolute Gasteiger partial charge is 0.426 e. The van der Waals surface area contributed by atoms with Gasteiger partial charge in [-0.2, -0.15) is 0 Å². The van der Waals surface area contributed by atoms with Gasteiger partial charge >= 0.3 is 5.97 Å². The number of carbonyl (C=O) groups excluding carboxylic acids is 1. The SMILES string of the molecule is Cc1noc(-c2ccc(-c3ccc(OC(=O)C4CC4)cc3)cc2)c1CNC[C@H](C)c1ccccc1. The molecule has 5 rings (SSSR count). The Hall–Kier alpha value is -3.70. The molecule has 0 spiro atoms. The van der Waals surface area contributed by atoms with Gasteiger partial charge in [0.15, 0.2) is 5.76 Å². The highest BCUT2D eigenvalue weighted by atomic mass is 16.5. The molecule has 1 aromatic heterocycles. The number of benzene rings is 3. The van der Waals surface area contributed by atoms with Gasteiger partial charge in [-0.1, -0.05) is 78.8 Å². The third-order valence-electron chi connectivity index (χ3n) is 6.57. The van der Waals surface area contributed by atoms with Crippen molar-refractivity contribution in [3.05, 3.63) is 95.7 Å². The van der Waals surface area contributed by atoms with E-state index in [4.69, 9.17) is 9.26 Å². The first-order chi connectivity index (χ1) is 17.1. The molecule has 1 saturated carbocycles. The van der Waals surface area contributed by atoms with E-state index in [1.807, 2.05) is 37.3 Å². The summed E-state index contributed by atoms with van der Waals surface area (Å²) in [6, 6.07) is 26.5. The molecule has 1 N–H and O–H groups in total. The summed E-state index contributed by atoms with van der Waals surface area (Å²) in [5.74, 6) is 1.79. The summed E-state index contributed by atoms with van der Waals surface area (Å²) < 4.78 is 11.1. The van der Waals surface area contributed by atoms with Crippen LogP contribution in [0.1, 0.15) is 42.5 Å². The summed E-state index contributed by atoms with van der Waals surface area (Å²) >= 11 is 0. The highest BCUT2D eigenvalue weighted by Crippen LogP contribution is 2.32. The zero-order valence-electron chi connectivity index (χ0n) is 20.2. The van der Waals surface area contributed by atoms with Gasteiger partial charge in [-0.05, 0) is 54.5 Å². The normalized spacial score (nSPS) is 14.0. The van der Waals surface area contributed by atoms with Crippen molar-refractivity contribution in [1.82, 2.24) is 10.5 Å². The monoisotopic (exact) mass is 466 g/mol. The van der Waals surface area contributed by atoms with Crippen molar-refractivity contribution >= 4 is 5.97 Å². The van der Waals surface area contributed by atoms with Crippen molar-refractivity contribution in [3.8, 4) is 28.2 Å². The third kappa shape index (κ3) is 5.52. The van der Waals surface area contributed by atoms with Gasteiger partial charge in [0.2, 0.25) is 0 Å². The minimum absolute atomic E-state index is 0.0919. The summed E-state index contributed by atoms with van der Waals surface area (Å²) in [6.07, 6.45) is 1.89. The maximum absolute atomic E-state index is 11.9. The second-order valence-electron chi connectivity index (χ2n) is 9.32. The van der Waals surface area contributed by atoms with Gasteiger partial charge in [0.1, 0.15) is 5.75 Å². The first kappa shape index (κ1) is 23.1. The molecule has 0 radical (unpaired) electrons. The second kappa shape index (κ2) is 10.3. The fourth-order valence-corrected chi connectivity index (χ4v) is 4.18. The molecular formula is C30H30N2O3. The highest BCUT2D eigenvalue weighted by Gasteiger charge is 2.31. The number of hydrogen-bond acceptors (Lipinski definition) is 5. The third-order valence-corrected chi connectivity index (χ3v) is 6.57. The fourth-order valence-electron chi connectivity index (χ4n) is 4.18. The van der Waals surface area contributed by atoms with Crippen LogP contribution < -0.4 is 10.1 Å². The van der Waals surface area contributed by atoms with Gasteiger partial charge < -0.3 is 14.6 Å². The Bertz CT molecular complexity index is 1270. The lowest BCUT2D eigenvalue weighted by Gasteiger charge is -2.13. The fraction of sp³-hybridized carbons (Fsp3) is 0.267. The molecular weight excluding hydrogens is 436 g/mol. The molecule has 0 amide bonds. The Kier molecular flexibility index (Phi) is 6.77. The number of ether oxygens (including phenoxy) is 1. The Balaban J connectivity index is 1.23. The molecule has 5 heteroatoms. The molecule has 0 bridgehead atoms. The van der Waals surface area contributed by atoms with E-state index in [9.17, 15) is 4.79 Å². The van der Waals surface area contributed by atoms with Gasteiger partial charge in [-0.15, -0.1) is 0 Å². The van der Waals surface area contributed by atoms with Gasteiger partial charge in [0.25, 0.3) is 0 Å². The second-order valence-corrected chi connectivity index (χ2v) is 9.32. The molecule has 5 nitrogen and oxygen atoms in total. The van der Waals surface area contributed by atoms with Crippen LogP contribution in [0.15, 0.2) is 83.4 Å². The van der Waals surface area contributed by atoms with Crippen molar-refractivity contribution in [2.45, 2.75) is 39.2 Å². The summed E-state index contributed by atoms with van der Waals surface area (Å²) in [5, 5.41) is 7.79. The van der Waals surface area contributed by atoms with E-state index in [0.717, 1.165) is 53.1 Å². The summed E-state index contributed by atoms with van der Waals surface area (Å²) in [5.41, 5.74) is 6.46. The van der Waals surface area contributed by atoms with Crippen LogP contribution in [0.2, 0.25) is 0 Å². The summed E-state index contributed by atoms with van der Waals surface area (Å²) in [4.78, 5) is 11.9. The predicted molar refractivity (Wildman–Crippen MR) is 137 cm³/mol. The van der Waals surface area contributed by atoms with E-state index in [0.29, 0.717) is 18.2 Å². The van der Waals surface area contributed by atoms with Gasteiger partial charge in [-0.3, -0.25) is 4.79 Å².